The van der Waals surface area contributed by atoms with E-state index in [1.54, 1.807) is 37.6 Å². The van der Waals surface area contributed by atoms with E-state index >= 15 is 0 Å². The highest BCUT2D eigenvalue weighted by molar-refractivity contribution is 5.80. The lowest BCUT2D eigenvalue weighted by Gasteiger charge is -2.09. The van der Waals surface area contributed by atoms with E-state index in [1.807, 2.05) is 25.1 Å². The minimum atomic E-state index is -0.436. The molecule has 0 bridgehead atoms. The number of aryl methyl sites for hydroxylation is 1. The number of pyridine rings is 1. The summed E-state index contributed by atoms with van der Waals surface area (Å²) in [7, 11) is 1.57. The van der Waals surface area contributed by atoms with Gasteiger partial charge in [0.1, 0.15) is 24.0 Å². The molecule has 2 aromatic carbocycles. The number of benzene rings is 2. The zero-order valence-corrected chi connectivity index (χ0v) is 17.6. The lowest BCUT2D eigenvalue weighted by molar-refractivity contribution is -0.384. The fraction of sp³-hybridized carbons (Fsp3) is 0.174. The monoisotopic (exact) mass is 431 g/mol. The number of nitro groups is 1. The van der Waals surface area contributed by atoms with Crippen molar-refractivity contribution < 1.29 is 14.4 Å². The van der Waals surface area contributed by atoms with Crippen LogP contribution in [0, 0.1) is 28.4 Å². The van der Waals surface area contributed by atoms with E-state index in [9.17, 15) is 15.4 Å². The van der Waals surface area contributed by atoms with E-state index in [-0.39, 0.29) is 5.69 Å². The van der Waals surface area contributed by atoms with Crippen LogP contribution in [0.3, 0.4) is 0 Å². The SMILES string of the molecule is COCc1cc(C)nc(NN=Cc2ccc(OCc3ccc([N+](=O)[O-])cc3)cc2)c1C#N. The molecule has 162 valence electrons. The molecular weight excluding hydrogens is 410 g/mol. The average molecular weight is 431 g/mol. The molecule has 0 spiro atoms. The zero-order chi connectivity index (χ0) is 22.9. The van der Waals surface area contributed by atoms with Crippen molar-refractivity contribution in [3.63, 3.8) is 0 Å². The van der Waals surface area contributed by atoms with Crippen molar-refractivity contribution in [2.24, 2.45) is 5.10 Å². The molecule has 0 unspecified atom stereocenters. The van der Waals surface area contributed by atoms with Crippen LogP contribution in [0.25, 0.3) is 0 Å². The summed E-state index contributed by atoms with van der Waals surface area (Å²) in [5.41, 5.74) is 6.42. The van der Waals surface area contributed by atoms with Crippen molar-refractivity contribution >= 4 is 17.7 Å². The summed E-state index contributed by atoms with van der Waals surface area (Å²) in [6.07, 6.45) is 1.61. The van der Waals surface area contributed by atoms with Crippen molar-refractivity contribution in [3.8, 4) is 11.8 Å². The third-order valence-corrected chi connectivity index (χ3v) is 4.46. The van der Waals surface area contributed by atoms with E-state index in [2.05, 4.69) is 21.6 Å². The number of nitro benzene ring substituents is 1. The summed E-state index contributed by atoms with van der Waals surface area (Å²) < 4.78 is 10.9. The van der Waals surface area contributed by atoms with Gasteiger partial charge in [-0.3, -0.25) is 15.5 Å². The Morgan fingerprint density at radius 2 is 1.91 bits per heavy atom. The van der Waals surface area contributed by atoms with E-state index < -0.39 is 4.92 Å². The van der Waals surface area contributed by atoms with Crippen LogP contribution in [0.15, 0.2) is 59.7 Å². The maximum absolute atomic E-state index is 10.7. The zero-order valence-electron chi connectivity index (χ0n) is 17.6. The average Bonchev–Trinajstić information content (AvgIpc) is 2.79. The number of nitrogens with zero attached hydrogens (tertiary/aromatic N) is 4. The van der Waals surface area contributed by atoms with Gasteiger partial charge in [0.15, 0.2) is 5.82 Å². The molecule has 0 saturated heterocycles. The molecule has 0 radical (unpaired) electrons. The number of non-ortho nitro benzene ring substituents is 1. The minimum Gasteiger partial charge on any atom is -0.489 e. The topological polar surface area (TPSA) is 123 Å². The molecule has 0 saturated carbocycles. The van der Waals surface area contributed by atoms with Gasteiger partial charge in [0, 0.05) is 30.5 Å². The van der Waals surface area contributed by atoms with Gasteiger partial charge in [-0.15, -0.1) is 0 Å². The number of hydrogen-bond donors (Lipinski definition) is 1. The third kappa shape index (κ3) is 5.87. The second kappa shape index (κ2) is 10.7. The predicted molar refractivity (Wildman–Crippen MR) is 119 cm³/mol. The molecule has 32 heavy (non-hydrogen) atoms. The van der Waals surface area contributed by atoms with Gasteiger partial charge in [-0.1, -0.05) is 0 Å². The van der Waals surface area contributed by atoms with Gasteiger partial charge < -0.3 is 9.47 Å². The fourth-order valence-electron chi connectivity index (χ4n) is 2.91. The molecule has 1 heterocycles. The Bertz CT molecular complexity index is 1150. The summed E-state index contributed by atoms with van der Waals surface area (Å²) in [4.78, 5) is 14.6. The van der Waals surface area contributed by atoms with Gasteiger partial charge >= 0.3 is 0 Å². The standard InChI is InChI=1S/C23H21N5O4/c1-16-11-19(15-31-2)22(12-24)23(26-16)27-25-13-17-5-9-21(10-6-17)32-14-18-3-7-20(8-4-18)28(29)30/h3-11,13H,14-15H2,1-2H3,(H,26,27). The Morgan fingerprint density at radius 3 is 2.53 bits per heavy atom. The molecule has 0 aliphatic heterocycles. The molecule has 9 nitrogen and oxygen atoms in total. The summed E-state index contributed by atoms with van der Waals surface area (Å²) in [5.74, 6) is 1.03. The first-order valence-electron chi connectivity index (χ1n) is 9.65. The van der Waals surface area contributed by atoms with Crippen LogP contribution in [0.5, 0.6) is 5.75 Å². The normalized spacial score (nSPS) is 10.7. The highest BCUT2D eigenvalue weighted by atomic mass is 16.6. The van der Waals surface area contributed by atoms with Gasteiger partial charge in [-0.25, -0.2) is 4.98 Å². The number of rotatable bonds is 9. The number of methoxy groups -OCH3 is 1. The van der Waals surface area contributed by atoms with Crippen molar-refractivity contribution in [3.05, 3.63) is 92.7 Å². The second-order valence-corrected chi connectivity index (χ2v) is 6.84. The minimum absolute atomic E-state index is 0.0451. The van der Waals surface area contributed by atoms with E-state index in [0.29, 0.717) is 30.3 Å². The Balaban J connectivity index is 1.60. The third-order valence-electron chi connectivity index (χ3n) is 4.46. The van der Waals surface area contributed by atoms with Crippen molar-refractivity contribution in [1.82, 2.24) is 4.98 Å². The summed E-state index contributed by atoms with van der Waals surface area (Å²) in [6.45, 7) is 2.45. The Kier molecular flexibility index (Phi) is 7.46. The van der Waals surface area contributed by atoms with Gasteiger partial charge in [-0.2, -0.15) is 10.4 Å². The van der Waals surface area contributed by atoms with Crippen LogP contribution in [0.1, 0.15) is 27.9 Å². The van der Waals surface area contributed by atoms with Gasteiger partial charge in [0.25, 0.3) is 5.69 Å². The highest BCUT2D eigenvalue weighted by Crippen LogP contribution is 2.20. The van der Waals surface area contributed by atoms with E-state index in [4.69, 9.17) is 9.47 Å². The van der Waals surface area contributed by atoms with Crippen LogP contribution in [-0.2, 0) is 18.0 Å². The van der Waals surface area contributed by atoms with Crippen LogP contribution >= 0.6 is 0 Å². The van der Waals surface area contributed by atoms with Crippen LogP contribution in [-0.4, -0.2) is 23.2 Å². The van der Waals surface area contributed by atoms with Gasteiger partial charge in [0.05, 0.1) is 17.7 Å². The molecule has 9 heteroatoms. The Labute approximate surface area is 185 Å². The number of hydrazone groups is 1. The second-order valence-electron chi connectivity index (χ2n) is 6.84. The van der Waals surface area contributed by atoms with Crippen LogP contribution in [0.4, 0.5) is 11.5 Å². The van der Waals surface area contributed by atoms with Gasteiger partial charge in [-0.05, 0) is 60.5 Å². The number of anilines is 1. The summed E-state index contributed by atoms with van der Waals surface area (Å²) >= 11 is 0. The number of nitrogens with one attached hydrogen (secondary N) is 1. The first kappa shape index (κ1) is 22.4. The van der Waals surface area contributed by atoms with E-state index in [0.717, 1.165) is 22.4 Å². The number of hydrogen-bond acceptors (Lipinski definition) is 8. The van der Waals surface area contributed by atoms with Crippen molar-refractivity contribution in [2.75, 3.05) is 12.5 Å². The maximum Gasteiger partial charge on any atom is 0.269 e. The number of nitriles is 1. The summed E-state index contributed by atoms with van der Waals surface area (Å²) in [5, 5.41) is 24.3. The molecule has 0 aliphatic rings. The first-order valence-corrected chi connectivity index (χ1v) is 9.65. The first-order chi connectivity index (χ1) is 15.5. The van der Waals surface area contributed by atoms with Crippen LogP contribution < -0.4 is 10.2 Å². The van der Waals surface area contributed by atoms with Crippen molar-refractivity contribution in [2.45, 2.75) is 20.1 Å². The number of ether oxygens (including phenoxy) is 2. The van der Waals surface area contributed by atoms with Crippen LogP contribution in [0.2, 0.25) is 0 Å². The molecule has 3 aromatic rings. The molecule has 0 fully saturated rings. The molecule has 1 N–H and O–H groups in total. The molecule has 3 rings (SSSR count). The fourth-order valence-corrected chi connectivity index (χ4v) is 2.91. The number of aromatic nitrogens is 1. The Morgan fingerprint density at radius 1 is 1.19 bits per heavy atom. The Hall–Kier alpha value is -4.29. The molecule has 0 aliphatic carbocycles. The molecule has 0 atom stereocenters. The van der Waals surface area contributed by atoms with E-state index in [1.165, 1.54) is 12.1 Å². The summed E-state index contributed by atoms with van der Waals surface area (Å²) in [6, 6.07) is 17.4. The van der Waals surface area contributed by atoms with Crippen molar-refractivity contribution in [1.29, 1.82) is 5.26 Å². The molecule has 1 aromatic heterocycles. The smallest absolute Gasteiger partial charge is 0.269 e. The largest absolute Gasteiger partial charge is 0.489 e. The molecular formula is C23H21N5O4. The molecule has 0 amide bonds. The lowest BCUT2D eigenvalue weighted by atomic mass is 10.1. The highest BCUT2D eigenvalue weighted by Gasteiger charge is 2.10. The quantitative estimate of drug-likeness (QED) is 0.304. The predicted octanol–water partition coefficient (Wildman–Crippen LogP) is 4.34. The van der Waals surface area contributed by atoms with Gasteiger partial charge in [0.2, 0.25) is 0 Å². The lowest BCUT2D eigenvalue weighted by Crippen LogP contribution is -2.03. The maximum atomic E-state index is 10.7.